The van der Waals surface area contributed by atoms with Gasteiger partial charge in [0.05, 0.1) is 14.2 Å². The first-order valence-corrected chi connectivity index (χ1v) is 8.67. The Balaban J connectivity index is 1.85. The van der Waals surface area contributed by atoms with Gasteiger partial charge in [0.25, 0.3) is 0 Å². The van der Waals surface area contributed by atoms with Crippen LogP contribution in [0.2, 0.25) is 0 Å². The highest BCUT2D eigenvalue weighted by atomic mass is 16.5. The zero-order chi connectivity index (χ0) is 19.4. The lowest BCUT2D eigenvalue weighted by Gasteiger charge is -2.13. The largest absolute Gasteiger partial charge is 0.493 e. The predicted octanol–water partition coefficient (Wildman–Crippen LogP) is 4.91. The van der Waals surface area contributed by atoms with Crippen molar-refractivity contribution in [3.63, 3.8) is 0 Å². The fraction of sp³-hybridized carbons (Fsp3) is 0.238. The Morgan fingerprint density at radius 3 is 2.07 bits per heavy atom. The lowest BCUT2D eigenvalue weighted by molar-refractivity contribution is 0.355. The molecule has 0 fully saturated rings. The van der Waals surface area contributed by atoms with Crippen LogP contribution in [0.5, 0.6) is 11.5 Å². The number of aryl methyl sites for hydroxylation is 3. The fourth-order valence-electron chi connectivity index (χ4n) is 2.93. The van der Waals surface area contributed by atoms with Crippen molar-refractivity contribution < 1.29 is 9.47 Å². The van der Waals surface area contributed by atoms with Gasteiger partial charge in [0.15, 0.2) is 11.5 Å². The first-order valence-electron chi connectivity index (χ1n) is 8.67. The SMILES string of the molecule is COc1ccc(Nc2cc(C)nc(Nc3cc(C)cc(C)c3)n2)cc1OC. The molecule has 0 unspecified atom stereocenters. The standard InChI is InChI=1S/C21H24N4O2/c1-13-8-14(2)10-17(9-13)24-21-22-15(3)11-20(25-21)23-16-6-7-18(26-4)19(12-16)27-5/h6-12H,1-5H3,(H2,22,23,24,25). The highest BCUT2D eigenvalue weighted by Gasteiger charge is 2.08. The van der Waals surface area contributed by atoms with Crippen molar-refractivity contribution in [1.29, 1.82) is 0 Å². The van der Waals surface area contributed by atoms with Crippen molar-refractivity contribution in [2.24, 2.45) is 0 Å². The van der Waals surface area contributed by atoms with E-state index in [2.05, 4.69) is 52.6 Å². The highest BCUT2D eigenvalue weighted by Crippen LogP contribution is 2.31. The van der Waals surface area contributed by atoms with Gasteiger partial charge in [-0.3, -0.25) is 0 Å². The molecular weight excluding hydrogens is 340 g/mol. The third-order valence-electron chi connectivity index (χ3n) is 3.99. The van der Waals surface area contributed by atoms with Gasteiger partial charge < -0.3 is 20.1 Å². The van der Waals surface area contributed by atoms with E-state index in [1.807, 2.05) is 31.2 Å². The van der Waals surface area contributed by atoms with Gasteiger partial charge in [-0.05, 0) is 56.2 Å². The van der Waals surface area contributed by atoms with Crippen LogP contribution in [0.1, 0.15) is 16.8 Å². The van der Waals surface area contributed by atoms with Gasteiger partial charge in [0.2, 0.25) is 5.95 Å². The molecule has 140 valence electrons. The number of benzene rings is 2. The van der Waals surface area contributed by atoms with Crippen LogP contribution in [0.15, 0.2) is 42.5 Å². The molecule has 2 N–H and O–H groups in total. The highest BCUT2D eigenvalue weighted by molar-refractivity contribution is 5.63. The summed E-state index contributed by atoms with van der Waals surface area (Å²) in [7, 11) is 3.23. The fourth-order valence-corrected chi connectivity index (χ4v) is 2.93. The molecule has 0 saturated carbocycles. The smallest absolute Gasteiger partial charge is 0.229 e. The molecule has 1 aromatic heterocycles. The molecule has 3 rings (SSSR count). The Bertz CT molecular complexity index is 937. The van der Waals surface area contributed by atoms with Crippen LogP contribution in [0.3, 0.4) is 0 Å². The van der Waals surface area contributed by atoms with Gasteiger partial charge in [-0.15, -0.1) is 0 Å². The number of ether oxygens (including phenoxy) is 2. The van der Waals surface area contributed by atoms with E-state index in [1.165, 1.54) is 11.1 Å². The lowest BCUT2D eigenvalue weighted by Crippen LogP contribution is -2.03. The second-order valence-electron chi connectivity index (χ2n) is 6.41. The lowest BCUT2D eigenvalue weighted by atomic mass is 10.1. The van der Waals surface area contributed by atoms with Gasteiger partial charge >= 0.3 is 0 Å². The summed E-state index contributed by atoms with van der Waals surface area (Å²) in [4.78, 5) is 9.06. The average molecular weight is 364 g/mol. The molecule has 6 nitrogen and oxygen atoms in total. The molecule has 0 aliphatic carbocycles. The van der Waals surface area contributed by atoms with Crippen LogP contribution in [-0.4, -0.2) is 24.2 Å². The molecule has 2 aromatic carbocycles. The summed E-state index contributed by atoms with van der Waals surface area (Å²) in [5.41, 5.74) is 5.06. The molecule has 27 heavy (non-hydrogen) atoms. The molecule has 0 spiro atoms. The predicted molar refractivity (Wildman–Crippen MR) is 109 cm³/mol. The molecule has 1 heterocycles. The van der Waals surface area contributed by atoms with Gasteiger partial charge in [-0.1, -0.05) is 6.07 Å². The second-order valence-corrected chi connectivity index (χ2v) is 6.41. The van der Waals surface area contributed by atoms with Gasteiger partial charge in [-0.2, -0.15) is 4.98 Å². The maximum atomic E-state index is 5.35. The quantitative estimate of drug-likeness (QED) is 0.648. The monoisotopic (exact) mass is 364 g/mol. The van der Waals surface area contributed by atoms with Crippen LogP contribution in [0.25, 0.3) is 0 Å². The molecule has 0 aliphatic rings. The van der Waals surface area contributed by atoms with E-state index in [1.54, 1.807) is 14.2 Å². The summed E-state index contributed by atoms with van der Waals surface area (Å²) in [6.45, 7) is 6.08. The summed E-state index contributed by atoms with van der Waals surface area (Å²) in [6, 6.07) is 13.8. The Hall–Kier alpha value is -3.28. The topological polar surface area (TPSA) is 68.3 Å². The molecule has 0 saturated heterocycles. The minimum Gasteiger partial charge on any atom is -0.493 e. The molecule has 0 amide bonds. The third-order valence-corrected chi connectivity index (χ3v) is 3.99. The number of hydrogen-bond donors (Lipinski definition) is 2. The number of anilines is 4. The average Bonchev–Trinajstić information content (AvgIpc) is 2.60. The van der Waals surface area contributed by atoms with Crippen molar-refractivity contribution in [2.45, 2.75) is 20.8 Å². The molecule has 6 heteroatoms. The van der Waals surface area contributed by atoms with Crippen molar-refractivity contribution in [3.8, 4) is 11.5 Å². The molecule has 0 radical (unpaired) electrons. The maximum absolute atomic E-state index is 5.35. The number of hydrogen-bond acceptors (Lipinski definition) is 6. The van der Waals surface area contributed by atoms with Crippen molar-refractivity contribution in [1.82, 2.24) is 9.97 Å². The summed E-state index contributed by atoms with van der Waals surface area (Å²) in [5.74, 6) is 2.57. The number of aromatic nitrogens is 2. The van der Waals surface area contributed by atoms with Crippen LogP contribution < -0.4 is 20.1 Å². The molecule has 0 aliphatic heterocycles. The van der Waals surface area contributed by atoms with Crippen LogP contribution in [0.4, 0.5) is 23.1 Å². The zero-order valence-corrected chi connectivity index (χ0v) is 16.3. The zero-order valence-electron chi connectivity index (χ0n) is 16.3. The molecule has 3 aromatic rings. The van der Waals surface area contributed by atoms with E-state index in [-0.39, 0.29) is 0 Å². The first kappa shape index (κ1) is 18.5. The van der Waals surface area contributed by atoms with Crippen molar-refractivity contribution >= 4 is 23.1 Å². The van der Waals surface area contributed by atoms with E-state index in [4.69, 9.17) is 9.47 Å². The summed E-state index contributed by atoms with van der Waals surface area (Å²) >= 11 is 0. The second kappa shape index (κ2) is 7.95. The van der Waals surface area contributed by atoms with Crippen LogP contribution in [0, 0.1) is 20.8 Å². The first-order chi connectivity index (χ1) is 13.0. The van der Waals surface area contributed by atoms with E-state index in [9.17, 15) is 0 Å². The van der Waals surface area contributed by atoms with Gasteiger partial charge in [0, 0.05) is 29.2 Å². The van der Waals surface area contributed by atoms with Gasteiger partial charge in [-0.25, -0.2) is 4.98 Å². The summed E-state index contributed by atoms with van der Waals surface area (Å²) in [6.07, 6.45) is 0. The normalized spacial score (nSPS) is 10.4. The van der Waals surface area contributed by atoms with Crippen LogP contribution >= 0.6 is 0 Å². The van der Waals surface area contributed by atoms with E-state index in [0.717, 1.165) is 17.1 Å². The number of methoxy groups -OCH3 is 2. The van der Waals surface area contributed by atoms with Crippen LogP contribution in [-0.2, 0) is 0 Å². The Morgan fingerprint density at radius 1 is 0.704 bits per heavy atom. The van der Waals surface area contributed by atoms with Gasteiger partial charge in [0.1, 0.15) is 5.82 Å². The third kappa shape index (κ3) is 4.67. The van der Waals surface area contributed by atoms with E-state index in [0.29, 0.717) is 23.3 Å². The van der Waals surface area contributed by atoms with E-state index < -0.39 is 0 Å². The van der Waals surface area contributed by atoms with Crippen molar-refractivity contribution in [3.05, 3.63) is 59.3 Å². The summed E-state index contributed by atoms with van der Waals surface area (Å²) < 4.78 is 10.6. The number of rotatable bonds is 6. The molecular formula is C21H24N4O2. The number of nitrogens with one attached hydrogen (secondary N) is 2. The van der Waals surface area contributed by atoms with E-state index >= 15 is 0 Å². The number of nitrogens with zero attached hydrogens (tertiary/aromatic N) is 2. The Labute approximate surface area is 159 Å². The maximum Gasteiger partial charge on any atom is 0.229 e. The Kier molecular flexibility index (Phi) is 5.45. The molecule has 0 bridgehead atoms. The Morgan fingerprint density at radius 2 is 1.41 bits per heavy atom. The molecule has 0 atom stereocenters. The van der Waals surface area contributed by atoms with Crippen molar-refractivity contribution in [2.75, 3.05) is 24.9 Å². The minimum atomic E-state index is 0.544. The minimum absolute atomic E-state index is 0.544. The summed E-state index contributed by atoms with van der Waals surface area (Å²) in [5, 5.41) is 6.58.